The van der Waals surface area contributed by atoms with E-state index in [4.69, 9.17) is 4.98 Å². The zero-order chi connectivity index (χ0) is 15.6. The minimum atomic E-state index is 0.443. The zero-order valence-electron chi connectivity index (χ0n) is 13.2. The van der Waals surface area contributed by atoms with Crippen LogP contribution in [0.15, 0.2) is 42.9 Å². The van der Waals surface area contributed by atoms with Crippen molar-refractivity contribution in [2.45, 2.75) is 18.9 Å². The lowest BCUT2D eigenvalue weighted by Gasteiger charge is -2.31. The predicted octanol–water partition coefficient (Wildman–Crippen LogP) is 2.00. The fourth-order valence-electron chi connectivity index (χ4n) is 3.11. The second kappa shape index (κ2) is 5.96. The molecule has 0 aliphatic carbocycles. The smallest absolute Gasteiger partial charge is 0.227 e. The van der Waals surface area contributed by atoms with Gasteiger partial charge in [-0.25, -0.2) is 9.97 Å². The summed E-state index contributed by atoms with van der Waals surface area (Å²) in [6, 6.07) is 10.4. The first-order valence-corrected chi connectivity index (χ1v) is 8.02. The van der Waals surface area contributed by atoms with Crippen molar-refractivity contribution in [1.29, 1.82) is 0 Å². The number of para-hydroxylation sites is 2. The number of nitrogens with zero attached hydrogens (tertiary/aromatic N) is 5. The minimum Gasteiger partial charge on any atom is -0.340 e. The summed E-state index contributed by atoms with van der Waals surface area (Å²) in [6.07, 6.45) is 6.00. The Morgan fingerprint density at radius 2 is 2.13 bits per heavy atom. The Bertz CT molecular complexity index is 805. The Balaban J connectivity index is 1.68. The first-order chi connectivity index (χ1) is 11.3. The van der Waals surface area contributed by atoms with Gasteiger partial charge in [0, 0.05) is 25.8 Å². The number of piperidine rings is 1. The topological polar surface area (TPSA) is 58.9 Å². The van der Waals surface area contributed by atoms with Crippen LogP contribution in [0.1, 0.15) is 12.8 Å². The molecule has 1 fully saturated rings. The average molecular weight is 308 g/mol. The number of hydrogen-bond donors (Lipinski definition) is 1. The molecule has 118 valence electrons. The largest absolute Gasteiger partial charge is 0.340 e. The highest BCUT2D eigenvalue weighted by atomic mass is 15.3. The molecule has 0 spiro atoms. The van der Waals surface area contributed by atoms with E-state index in [2.05, 4.69) is 33.3 Å². The molecule has 4 rings (SSSR count). The molecule has 2 aromatic heterocycles. The molecule has 0 saturated carbocycles. The second-order valence-electron chi connectivity index (χ2n) is 5.93. The van der Waals surface area contributed by atoms with E-state index in [0.717, 1.165) is 35.9 Å². The molecule has 1 aliphatic rings. The monoisotopic (exact) mass is 308 g/mol. The molecule has 6 heteroatoms. The van der Waals surface area contributed by atoms with E-state index in [9.17, 15) is 0 Å². The summed E-state index contributed by atoms with van der Waals surface area (Å²) in [5.41, 5.74) is 2.02. The summed E-state index contributed by atoms with van der Waals surface area (Å²) in [7, 11) is 2.07. The van der Waals surface area contributed by atoms with Crippen LogP contribution in [0, 0.1) is 0 Å². The number of fused-ring (bicyclic) bond motifs is 1. The van der Waals surface area contributed by atoms with E-state index in [1.165, 1.54) is 12.8 Å². The summed E-state index contributed by atoms with van der Waals surface area (Å²) in [5.74, 6) is 1.60. The predicted molar refractivity (Wildman–Crippen MR) is 91.0 cm³/mol. The van der Waals surface area contributed by atoms with Crippen LogP contribution in [-0.4, -0.2) is 45.7 Å². The normalized spacial score (nSPS) is 18.2. The van der Waals surface area contributed by atoms with Crippen molar-refractivity contribution in [3.63, 3.8) is 0 Å². The van der Waals surface area contributed by atoms with Gasteiger partial charge in [-0.2, -0.15) is 4.98 Å². The van der Waals surface area contributed by atoms with E-state index in [-0.39, 0.29) is 0 Å². The molecule has 1 N–H and O–H groups in total. The number of aromatic nitrogens is 4. The van der Waals surface area contributed by atoms with Crippen LogP contribution in [0.25, 0.3) is 16.9 Å². The highest BCUT2D eigenvalue weighted by molar-refractivity contribution is 5.76. The van der Waals surface area contributed by atoms with Crippen LogP contribution >= 0.6 is 0 Å². The van der Waals surface area contributed by atoms with Crippen LogP contribution in [0.4, 0.5) is 5.95 Å². The van der Waals surface area contributed by atoms with Gasteiger partial charge in [0.15, 0.2) is 0 Å². The first kappa shape index (κ1) is 14.1. The molecule has 1 atom stereocenters. The number of likely N-dealkylation sites (N-methyl/N-ethyl adjacent to an activating group) is 1. The van der Waals surface area contributed by atoms with Gasteiger partial charge in [0.05, 0.1) is 11.0 Å². The van der Waals surface area contributed by atoms with Crippen molar-refractivity contribution in [3.05, 3.63) is 42.9 Å². The Morgan fingerprint density at radius 3 is 3.00 bits per heavy atom. The molecule has 6 nitrogen and oxygen atoms in total. The standard InChI is InChI=1S/C17H20N6/c1-22(13-5-4-9-18-11-13)17-19-10-8-16(21-17)23-12-20-14-6-2-3-7-15(14)23/h2-3,6-8,10,12-13,18H,4-5,9,11H2,1H3. The number of hydrogen-bond acceptors (Lipinski definition) is 5. The Hall–Kier alpha value is -2.47. The van der Waals surface area contributed by atoms with E-state index < -0.39 is 0 Å². The summed E-state index contributed by atoms with van der Waals surface area (Å²) in [5, 5.41) is 3.44. The molecule has 1 saturated heterocycles. The highest BCUT2D eigenvalue weighted by Crippen LogP contribution is 2.19. The lowest BCUT2D eigenvalue weighted by Crippen LogP contribution is -2.44. The van der Waals surface area contributed by atoms with Crippen LogP contribution < -0.4 is 10.2 Å². The van der Waals surface area contributed by atoms with E-state index >= 15 is 0 Å². The molecule has 0 bridgehead atoms. The maximum Gasteiger partial charge on any atom is 0.227 e. The maximum atomic E-state index is 4.75. The van der Waals surface area contributed by atoms with Gasteiger partial charge in [0.1, 0.15) is 12.1 Å². The number of nitrogens with one attached hydrogen (secondary N) is 1. The summed E-state index contributed by atoms with van der Waals surface area (Å²) in [4.78, 5) is 15.8. The molecule has 1 aliphatic heterocycles. The van der Waals surface area contributed by atoms with Gasteiger partial charge >= 0.3 is 0 Å². The van der Waals surface area contributed by atoms with Gasteiger partial charge in [-0.1, -0.05) is 12.1 Å². The Kier molecular flexibility index (Phi) is 3.67. The molecule has 3 aromatic rings. The lowest BCUT2D eigenvalue weighted by molar-refractivity contribution is 0.441. The van der Waals surface area contributed by atoms with Crippen LogP contribution in [0.5, 0.6) is 0 Å². The number of rotatable bonds is 3. The third kappa shape index (κ3) is 2.66. The third-order valence-corrected chi connectivity index (χ3v) is 4.46. The maximum absolute atomic E-state index is 4.75. The van der Waals surface area contributed by atoms with Gasteiger partial charge in [-0.05, 0) is 37.6 Å². The van der Waals surface area contributed by atoms with Crippen molar-refractivity contribution < 1.29 is 0 Å². The molecule has 1 unspecified atom stereocenters. The molecule has 1 aromatic carbocycles. The zero-order valence-corrected chi connectivity index (χ0v) is 13.2. The molecule has 0 amide bonds. The highest BCUT2D eigenvalue weighted by Gasteiger charge is 2.20. The van der Waals surface area contributed by atoms with E-state index in [1.807, 2.05) is 41.4 Å². The van der Waals surface area contributed by atoms with Crippen molar-refractivity contribution in [1.82, 2.24) is 24.8 Å². The van der Waals surface area contributed by atoms with Crippen molar-refractivity contribution in [3.8, 4) is 5.82 Å². The van der Waals surface area contributed by atoms with Crippen LogP contribution in [0.3, 0.4) is 0 Å². The molecular formula is C17H20N6. The van der Waals surface area contributed by atoms with E-state index in [1.54, 1.807) is 0 Å². The fraction of sp³-hybridized carbons (Fsp3) is 0.353. The molecule has 0 radical (unpaired) electrons. The fourth-order valence-corrected chi connectivity index (χ4v) is 3.11. The SMILES string of the molecule is CN(c1nccc(-n2cnc3ccccc32)n1)C1CCCNC1. The molecular weight excluding hydrogens is 288 g/mol. The lowest BCUT2D eigenvalue weighted by atomic mass is 10.1. The molecule has 23 heavy (non-hydrogen) atoms. The van der Waals surface area contributed by atoms with Crippen molar-refractivity contribution >= 4 is 17.0 Å². The Labute approximate surface area is 135 Å². The number of anilines is 1. The van der Waals surface area contributed by atoms with Gasteiger partial charge in [-0.3, -0.25) is 4.57 Å². The van der Waals surface area contributed by atoms with Gasteiger partial charge in [-0.15, -0.1) is 0 Å². The van der Waals surface area contributed by atoms with Crippen LogP contribution in [-0.2, 0) is 0 Å². The van der Waals surface area contributed by atoms with E-state index in [0.29, 0.717) is 6.04 Å². The second-order valence-corrected chi connectivity index (χ2v) is 5.93. The van der Waals surface area contributed by atoms with Crippen LogP contribution in [0.2, 0.25) is 0 Å². The summed E-state index contributed by atoms with van der Waals surface area (Å²) < 4.78 is 2.01. The van der Waals surface area contributed by atoms with Gasteiger partial charge in [0.25, 0.3) is 0 Å². The number of benzene rings is 1. The summed E-state index contributed by atoms with van der Waals surface area (Å²) >= 11 is 0. The molecule has 3 heterocycles. The van der Waals surface area contributed by atoms with Gasteiger partial charge in [0.2, 0.25) is 5.95 Å². The minimum absolute atomic E-state index is 0.443. The average Bonchev–Trinajstić information content (AvgIpc) is 3.06. The Morgan fingerprint density at radius 1 is 1.22 bits per heavy atom. The van der Waals surface area contributed by atoms with Crippen molar-refractivity contribution in [2.75, 3.05) is 25.0 Å². The summed E-state index contributed by atoms with van der Waals surface area (Å²) in [6.45, 7) is 2.09. The first-order valence-electron chi connectivity index (χ1n) is 8.02. The van der Waals surface area contributed by atoms with Gasteiger partial charge < -0.3 is 10.2 Å². The number of imidazole rings is 1. The van der Waals surface area contributed by atoms with Crippen molar-refractivity contribution in [2.24, 2.45) is 0 Å². The quantitative estimate of drug-likeness (QED) is 0.802. The third-order valence-electron chi connectivity index (χ3n) is 4.46.